The molecule has 0 N–H and O–H groups in total. The molecule has 3 rings (SSSR count). The van der Waals surface area contributed by atoms with Crippen molar-refractivity contribution < 1.29 is 4.39 Å². The topological polar surface area (TPSA) is 17.3 Å². The van der Waals surface area contributed by atoms with Crippen LogP contribution in [0.5, 0.6) is 0 Å². The van der Waals surface area contributed by atoms with Gasteiger partial charge < -0.3 is 4.40 Å². The predicted octanol–water partition coefficient (Wildman–Crippen LogP) is 4.67. The van der Waals surface area contributed by atoms with E-state index in [0.29, 0.717) is 11.3 Å². The summed E-state index contributed by atoms with van der Waals surface area (Å²) >= 11 is 6.73. The fourth-order valence-corrected chi connectivity index (χ4v) is 2.50. The van der Waals surface area contributed by atoms with Crippen LogP contribution in [-0.4, -0.2) is 9.38 Å². The van der Waals surface area contributed by atoms with Crippen LogP contribution in [0, 0.1) is 5.82 Å². The van der Waals surface area contributed by atoms with Crippen molar-refractivity contribution in [1.29, 1.82) is 0 Å². The molecule has 0 bridgehead atoms. The van der Waals surface area contributed by atoms with Crippen molar-refractivity contribution in [3.63, 3.8) is 0 Å². The Morgan fingerprint density at radius 2 is 1.78 bits per heavy atom. The third kappa shape index (κ3) is 2.08. The highest BCUT2D eigenvalue weighted by Crippen LogP contribution is 2.26. The predicted molar refractivity (Wildman–Crippen MR) is 76.0 cm³/mol. The monoisotopic (exact) mass is 368 g/mol. The Morgan fingerprint density at radius 3 is 2.61 bits per heavy atom. The second kappa shape index (κ2) is 4.48. The molecule has 0 unspecified atom stereocenters. The molecular formula is C13H7Br2FN2. The highest BCUT2D eigenvalue weighted by Gasteiger charge is 2.10. The van der Waals surface area contributed by atoms with Crippen LogP contribution < -0.4 is 0 Å². The summed E-state index contributed by atoms with van der Waals surface area (Å²) in [6, 6.07) is 8.61. The maximum Gasteiger partial charge on any atom is 0.137 e. The minimum Gasteiger partial charge on any atom is -0.305 e. The standard InChI is InChI=1S/C13H7Br2FN2/c14-8-1-3-11(16)10(5-8)12-7-18-6-9(15)2-4-13(18)17-12/h1-7H. The molecule has 0 saturated carbocycles. The van der Waals surface area contributed by atoms with Gasteiger partial charge in [-0.2, -0.15) is 0 Å². The van der Waals surface area contributed by atoms with Crippen molar-refractivity contribution >= 4 is 37.5 Å². The number of hydrogen-bond donors (Lipinski definition) is 0. The van der Waals surface area contributed by atoms with E-state index in [2.05, 4.69) is 36.8 Å². The molecule has 0 saturated heterocycles. The van der Waals surface area contributed by atoms with Gasteiger partial charge in [0.15, 0.2) is 0 Å². The van der Waals surface area contributed by atoms with Gasteiger partial charge in [-0.1, -0.05) is 15.9 Å². The molecular weight excluding hydrogens is 363 g/mol. The fraction of sp³-hybridized carbons (Fsp3) is 0. The molecule has 0 atom stereocenters. The third-order valence-electron chi connectivity index (χ3n) is 2.62. The molecule has 0 aliphatic carbocycles. The zero-order valence-electron chi connectivity index (χ0n) is 9.07. The van der Waals surface area contributed by atoms with Gasteiger partial charge in [0, 0.05) is 26.9 Å². The fourth-order valence-electron chi connectivity index (χ4n) is 1.79. The normalized spacial score (nSPS) is 11.1. The molecule has 2 nitrogen and oxygen atoms in total. The van der Waals surface area contributed by atoms with Crippen LogP contribution in [0.2, 0.25) is 0 Å². The zero-order valence-corrected chi connectivity index (χ0v) is 12.2. The summed E-state index contributed by atoms with van der Waals surface area (Å²) in [6.07, 6.45) is 3.70. The van der Waals surface area contributed by atoms with Crippen molar-refractivity contribution in [2.45, 2.75) is 0 Å². The Balaban J connectivity index is 2.22. The van der Waals surface area contributed by atoms with Crippen molar-refractivity contribution in [1.82, 2.24) is 9.38 Å². The molecule has 2 heterocycles. The van der Waals surface area contributed by atoms with E-state index in [1.165, 1.54) is 6.07 Å². The van der Waals surface area contributed by atoms with Gasteiger partial charge in [0.05, 0.1) is 5.69 Å². The Bertz CT molecular complexity index is 737. The molecule has 0 aliphatic heterocycles. The SMILES string of the molecule is Fc1ccc(Br)cc1-c1cn2cc(Br)ccc2n1. The molecule has 90 valence electrons. The van der Waals surface area contributed by atoms with Gasteiger partial charge in [0.25, 0.3) is 0 Å². The Hall–Kier alpha value is -1.20. The van der Waals surface area contributed by atoms with E-state index in [9.17, 15) is 4.39 Å². The number of pyridine rings is 1. The first-order valence-electron chi connectivity index (χ1n) is 5.23. The number of aromatic nitrogens is 2. The summed E-state index contributed by atoms with van der Waals surface area (Å²) in [4.78, 5) is 4.41. The lowest BCUT2D eigenvalue weighted by molar-refractivity contribution is 0.630. The van der Waals surface area contributed by atoms with Crippen LogP contribution in [0.4, 0.5) is 4.39 Å². The number of hydrogen-bond acceptors (Lipinski definition) is 1. The molecule has 5 heteroatoms. The van der Waals surface area contributed by atoms with Gasteiger partial charge in [-0.15, -0.1) is 0 Å². The molecule has 1 aromatic carbocycles. The van der Waals surface area contributed by atoms with Crippen LogP contribution in [0.1, 0.15) is 0 Å². The van der Waals surface area contributed by atoms with E-state index in [1.807, 2.05) is 28.9 Å². The minimum atomic E-state index is -0.277. The molecule has 0 aliphatic rings. The van der Waals surface area contributed by atoms with E-state index in [4.69, 9.17) is 0 Å². The Kier molecular flexibility index (Phi) is 2.95. The number of halogens is 3. The first-order valence-corrected chi connectivity index (χ1v) is 6.82. The van der Waals surface area contributed by atoms with Crippen molar-refractivity contribution in [2.75, 3.05) is 0 Å². The number of nitrogens with zero attached hydrogens (tertiary/aromatic N) is 2. The Labute approximate surface area is 120 Å². The summed E-state index contributed by atoms with van der Waals surface area (Å²) in [5.74, 6) is -0.277. The maximum atomic E-state index is 13.8. The van der Waals surface area contributed by atoms with E-state index in [0.717, 1.165) is 14.6 Å². The van der Waals surface area contributed by atoms with Gasteiger partial charge in [-0.3, -0.25) is 0 Å². The van der Waals surface area contributed by atoms with Gasteiger partial charge in [0.2, 0.25) is 0 Å². The average Bonchev–Trinajstić information content (AvgIpc) is 2.74. The van der Waals surface area contributed by atoms with Crippen LogP contribution in [-0.2, 0) is 0 Å². The van der Waals surface area contributed by atoms with Crippen molar-refractivity contribution in [2.24, 2.45) is 0 Å². The lowest BCUT2D eigenvalue weighted by atomic mass is 10.1. The van der Waals surface area contributed by atoms with Crippen LogP contribution in [0.3, 0.4) is 0 Å². The Morgan fingerprint density at radius 1 is 1.00 bits per heavy atom. The largest absolute Gasteiger partial charge is 0.305 e. The van der Waals surface area contributed by atoms with E-state index >= 15 is 0 Å². The molecule has 3 aromatic rings. The van der Waals surface area contributed by atoms with Crippen LogP contribution in [0.25, 0.3) is 16.9 Å². The van der Waals surface area contributed by atoms with Gasteiger partial charge in [0.1, 0.15) is 11.5 Å². The van der Waals surface area contributed by atoms with Gasteiger partial charge in [-0.05, 0) is 46.3 Å². The molecule has 0 spiro atoms. The van der Waals surface area contributed by atoms with Crippen molar-refractivity contribution in [3.05, 3.63) is 57.5 Å². The number of imidazole rings is 1. The zero-order chi connectivity index (χ0) is 12.7. The first-order chi connectivity index (χ1) is 8.63. The van der Waals surface area contributed by atoms with E-state index in [-0.39, 0.29) is 5.82 Å². The van der Waals surface area contributed by atoms with Crippen LogP contribution >= 0.6 is 31.9 Å². The minimum absolute atomic E-state index is 0.277. The van der Waals surface area contributed by atoms with Crippen LogP contribution in [0.15, 0.2) is 51.7 Å². The quantitative estimate of drug-likeness (QED) is 0.609. The highest BCUT2D eigenvalue weighted by atomic mass is 79.9. The number of fused-ring (bicyclic) bond motifs is 1. The summed E-state index contributed by atoms with van der Waals surface area (Å²) in [5, 5.41) is 0. The summed E-state index contributed by atoms with van der Waals surface area (Å²) in [7, 11) is 0. The van der Waals surface area contributed by atoms with E-state index in [1.54, 1.807) is 12.1 Å². The molecule has 0 amide bonds. The highest BCUT2D eigenvalue weighted by molar-refractivity contribution is 9.10. The smallest absolute Gasteiger partial charge is 0.137 e. The van der Waals surface area contributed by atoms with Gasteiger partial charge >= 0.3 is 0 Å². The lowest BCUT2D eigenvalue weighted by Gasteiger charge is -1.99. The average molecular weight is 370 g/mol. The number of benzene rings is 1. The molecule has 0 radical (unpaired) electrons. The first kappa shape index (κ1) is 11.9. The maximum absolute atomic E-state index is 13.8. The second-order valence-electron chi connectivity index (χ2n) is 3.86. The summed E-state index contributed by atoms with van der Waals surface area (Å²) < 4.78 is 17.4. The summed E-state index contributed by atoms with van der Waals surface area (Å²) in [6.45, 7) is 0. The van der Waals surface area contributed by atoms with E-state index < -0.39 is 0 Å². The third-order valence-corrected chi connectivity index (χ3v) is 3.58. The molecule has 18 heavy (non-hydrogen) atoms. The molecule has 2 aromatic heterocycles. The summed E-state index contributed by atoms with van der Waals surface area (Å²) in [5.41, 5.74) is 1.89. The van der Waals surface area contributed by atoms with Crippen molar-refractivity contribution in [3.8, 4) is 11.3 Å². The van der Waals surface area contributed by atoms with Gasteiger partial charge in [-0.25, -0.2) is 9.37 Å². The molecule has 0 fully saturated rings. The number of rotatable bonds is 1. The lowest BCUT2D eigenvalue weighted by Crippen LogP contribution is -1.83. The second-order valence-corrected chi connectivity index (χ2v) is 5.69.